The topological polar surface area (TPSA) is 60.9 Å². The van der Waals surface area contributed by atoms with Crippen LogP contribution in [0.2, 0.25) is 0 Å². The van der Waals surface area contributed by atoms with Gasteiger partial charge >= 0.3 is 0 Å². The Balaban J connectivity index is 2.41. The van der Waals surface area contributed by atoms with Crippen molar-refractivity contribution >= 4 is 26.0 Å². The molecule has 7 heteroatoms. The number of nitrogens with zero attached hydrogens (tertiary/aromatic N) is 2. The van der Waals surface area contributed by atoms with Crippen molar-refractivity contribution in [3.63, 3.8) is 0 Å². The van der Waals surface area contributed by atoms with Gasteiger partial charge in [-0.05, 0) is 60.6 Å². The molecule has 0 amide bonds. The molecule has 1 unspecified atom stereocenters. The molecule has 118 valence electrons. The highest BCUT2D eigenvalue weighted by molar-refractivity contribution is 9.10. The molecule has 1 N–H and O–H groups in total. The van der Waals surface area contributed by atoms with Gasteiger partial charge in [0.2, 0.25) is 10.0 Å². The van der Waals surface area contributed by atoms with Gasteiger partial charge in [-0.3, -0.25) is 0 Å². The third-order valence-electron chi connectivity index (χ3n) is 3.75. The van der Waals surface area contributed by atoms with Crippen LogP contribution in [0.5, 0.6) is 0 Å². The van der Waals surface area contributed by atoms with E-state index in [1.54, 1.807) is 22.5 Å². The van der Waals surface area contributed by atoms with Crippen molar-refractivity contribution in [2.24, 2.45) is 0 Å². The second-order valence-electron chi connectivity index (χ2n) is 5.50. The minimum absolute atomic E-state index is 0.0767. The second kappa shape index (κ2) is 6.75. The molecule has 1 aliphatic rings. The first kappa shape index (κ1) is 16.9. The highest BCUT2D eigenvalue weighted by Gasteiger charge is 2.32. The van der Waals surface area contributed by atoms with Gasteiger partial charge in [0, 0.05) is 23.6 Å². The molecule has 0 saturated carbocycles. The smallest absolute Gasteiger partial charge is 0.244 e. The fourth-order valence-corrected chi connectivity index (χ4v) is 5.32. The Morgan fingerprint density at radius 2 is 2.10 bits per heavy atom. The molecule has 21 heavy (non-hydrogen) atoms. The number of aliphatic hydroxyl groups excluding tert-OH is 1. The first-order valence-electron chi connectivity index (χ1n) is 6.96. The number of halogens is 1. The van der Waals surface area contributed by atoms with E-state index in [9.17, 15) is 13.5 Å². The van der Waals surface area contributed by atoms with Crippen molar-refractivity contribution in [2.45, 2.75) is 30.9 Å². The van der Waals surface area contributed by atoms with Gasteiger partial charge in [0.1, 0.15) is 0 Å². The van der Waals surface area contributed by atoms with Gasteiger partial charge in [0.25, 0.3) is 0 Å². The lowest BCUT2D eigenvalue weighted by Gasteiger charge is -2.27. The molecule has 0 radical (unpaired) electrons. The number of rotatable bonds is 3. The monoisotopic (exact) mass is 376 g/mol. The van der Waals surface area contributed by atoms with Crippen molar-refractivity contribution < 1.29 is 13.5 Å². The Labute approximate surface area is 134 Å². The Kier molecular flexibility index (Phi) is 5.43. The van der Waals surface area contributed by atoms with E-state index < -0.39 is 10.0 Å². The fraction of sp³-hybridized carbons (Fsp3) is 0.571. The number of hydrogen-bond acceptors (Lipinski definition) is 4. The number of likely N-dealkylation sites (N-methyl/N-ethyl adjacent to an activating group) is 1. The lowest BCUT2D eigenvalue weighted by atomic mass is 10.2. The van der Waals surface area contributed by atoms with Gasteiger partial charge in [0.05, 0.1) is 11.5 Å². The van der Waals surface area contributed by atoms with Crippen LogP contribution in [0.15, 0.2) is 27.6 Å². The highest BCUT2D eigenvalue weighted by Crippen LogP contribution is 2.28. The first-order chi connectivity index (χ1) is 9.86. The molecule has 1 fully saturated rings. The molecule has 5 nitrogen and oxygen atoms in total. The largest absolute Gasteiger partial charge is 0.392 e. The van der Waals surface area contributed by atoms with E-state index in [2.05, 4.69) is 20.8 Å². The standard InChI is InChI=1S/C14H21BrN2O3S/c1-11-9-16(2)6-3-7-17(11)21(19,20)14-8-12(10-18)4-5-13(14)15/h4-5,8,11,18H,3,6-7,9-10H2,1-2H3. The van der Waals surface area contributed by atoms with Crippen LogP contribution in [-0.4, -0.2) is 55.5 Å². The molecule has 1 heterocycles. The summed E-state index contributed by atoms with van der Waals surface area (Å²) in [6, 6.07) is 4.85. The van der Waals surface area contributed by atoms with Gasteiger partial charge in [0.15, 0.2) is 0 Å². The lowest BCUT2D eigenvalue weighted by Crippen LogP contribution is -2.42. The van der Waals surface area contributed by atoms with Crippen molar-refractivity contribution in [3.8, 4) is 0 Å². The maximum Gasteiger partial charge on any atom is 0.244 e. The third kappa shape index (κ3) is 3.65. The van der Waals surface area contributed by atoms with Gasteiger partial charge in [-0.1, -0.05) is 6.07 Å². The van der Waals surface area contributed by atoms with Gasteiger partial charge in [-0.25, -0.2) is 8.42 Å². The van der Waals surface area contributed by atoms with Crippen LogP contribution < -0.4 is 0 Å². The Morgan fingerprint density at radius 3 is 2.76 bits per heavy atom. The van der Waals surface area contributed by atoms with Crippen LogP contribution >= 0.6 is 15.9 Å². The molecule has 0 aromatic heterocycles. The van der Waals surface area contributed by atoms with E-state index >= 15 is 0 Å². The van der Waals surface area contributed by atoms with Crippen molar-refractivity contribution in [1.29, 1.82) is 0 Å². The maximum atomic E-state index is 12.9. The number of hydrogen-bond donors (Lipinski definition) is 1. The molecule has 0 aliphatic carbocycles. The summed E-state index contributed by atoms with van der Waals surface area (Å²) in [7, 11) is -1.56. The highest BCUT2D eigenvalue weighted by atomic mass is 79.9. The van der Waals surface area contributed by atoms with Crippen LogP contribution in [0.25, 0.3) is 0 Å². The predicted molar refractivity (Wildman–Crippen MR) is 85.5 cm³/mol. The Hall–Kier alpha value is -0.470. The van der Waals surface area contributed by atoms with Gasteiger partial charge < -0.3 is 10.0 Å². The molecular weight excluding hydrogens is 356 g/mol. The average molecular weight is 377 g/mol. The van der Waals surface area contributed by atoms with Gasteiger partial charge in [-0.2, -0.15) is 4.31 Å². The normalized spacial score (nSPS) is 22.2. The number of benzene rings is 1. The summed E-state index contributed by atoms with van der Waals surface area (Å²) in [5.74, 6) is 0. The summed E-state index contributed by atoms with van der Waals surface area (Å²) in [6.07, 6.45) is 0.817. The maximum absolute atomic E-state index is 12.9. The molecule has 1 aromatic carbocycles. The Morgan fingerprint density at radius 1 is 1.38 bits per heavy atom. The quantitative estimate of drug-likeness (QED) is 0.871. The molecular formula is C14H21BrN2O3S. The summed E-state index contributed by atoms with van der Waals surface area (Å²) in [5, 5.41) is 9.23. The molecule has 1 aliphatic heterocycles. The van der Waals surface area contributed by atoms with Crippen LogP contribution in [0, 0.1) is 0 Å². The summed E-state index contributed by atoms with van der Waals surface area (Å²) < 4.78 is 28.0. The SMILES string of the molecule is CC1CN(C)CCCN1S(=O)(=O)c1cc(CO)ccc1Br. The zero-order chi connectivity index (χ0) is 15.6. The molecule has 0 bridgehead atoms. The molecule has 1 aromatic rings. The van der Waals surface area contributed by atoms with Crippen molar-refractivity contribution in [3.05, 3.63) is 28.2 Å². The van der Waals surface area contributed by atoms with Crippen molar-refractivity contribution in [1.82, 2.24) is 9.21 Å². The first-order valence-corrected chi connectivity index (χ1v) is 9.19. The zero-order valence-corrected chi connectivity index (χ0v) is 14.7. The van der Waals surface area contributed by atoms with Gasteiger partial charge in [-0.15, -0.1) is 0 Å². The minimum atomic E-state index is -3.57. The van der Waals surface area contributed by atoms with E-state index in [-0.39, 0.29) is 17.5 Å². The van der Waals surface area contributed by atoms with Crippen LogP contribution in [-0.2, 0) is 16.6 Å². The van der Waals surface area contributed by atoms with E-state index in [0.717, 1.165) is 19.5 Å². The van der Waals surface area contributed by atoms with Crippen molar-refractivity contribution in [2.75, 3.05) is 26.7 Å². The molecule has 1 atom stereocenters. The third-order valence-corrected chi connectivity index (χ3v) is 6.76. The van der Waals surface area contributed by atoms with E-state index in [4.69, 9.17) is 0 Å². The van der Waals surface area contributed by atoms with Crippen LogP contribution in [0.4, 0.5) is 0 Å². The van der Waals surface area contributed by atoms with Crippen LogP contribution in [0.1, 0.15) is 18.9 Å². The predicted octanol–water partition coefficient (Wildman–Crippen LogP) is 1.66. The summed E-state index contributed by atoms with van der Waals surface area (Å²) >= 11 is 3.32. The average Bonchev–Trinajstić information content (AvgIpc) is 2.60. The second-order valence-corrected chi connectivity index (χ2v) is 8.22. The molecule has 0 spiro atoms. The van der Waals surface area contributed by atoms with Crippen LogP contribution in [0.3, 0.4) is 0 Å². The molecule has 1 saturated heterocycles. The summed E-state index contributed by atoms with van der Waals surface area (Å²) in [6.45, 7) is 3.89. The fourth-order valence-electron chi connectivity index (χ4n) is 2.68. The Bertz CT molecular complexity index is 606. The number of sulfonamides is 1. The summed E-state index contributed by atoms with van der Waals surface area (Å²) in [4.78, 5) is 2.38. The molecule has 2 rings (SSSR count). The van der Waals surface area contributed by atoms with E-state index in [1.807, 2.05) is 14.0 Å². The summed E-state index contributed by atoms with van der Waals surface area (Å²) in [5.41, 5.74) is 0.594. The van der Waals surface area contributed by atoms with E-state index in [0.29, 0.717) is 16.6 Å². The minimum Gasteiger partial charge on any atom is -0.392 e. The number of aliphatic hydroxyl groups is 1. The zero-order valence-electron chi connectivity index (χ0n) is 12.3. The van der Waals surface area contributed by atoms with E-state index in [1.165, 1.54) is 0 Å². The lowest BCUT2D eigenvalue weighted by molar-refractivity contribution is 0.281.